The zero-order chi connectivity index (χ0) is 22.5. The molecule has 5 rings (SSSR count). The highest BCUT2D eigenvalue weighted by Crippen LogP contribution is 2.25. The molecule has 0 aliphatic carbocycles. The minimum absolute atomic E-state index is 0.0448. The van der Waals surface area contributed by atoms with Crippen LogP contribution in [0.3, 0.4) is 0 Å². The molecule has 0 bridgehead atoms. The third-order valence-electron chi connectivity index (χ3n) is 5.66. The maximum atomic E-state index is 12.9. The molecule has 0 atom stereocenters. The first-order valence-electron chi connectivity index (χ1n) is 11.0. The number of carbonyl (C=O) groups is 1. The van der Waals surface area contributed by atoms with Gasteiger partial charge < -0.3 is 9.64 Å². The molecule has 0 unspecified atom stereocenters. The van der Waals surface area contributed by atoms with Crippen LogP contribution in [-0.4, -0.2) is 46.9 Å². The van der Waals surface area contributed by atoms with E-state index in [1.165, 1.54) is 0 Å². The van der Waals surface area contributed by atoms with Crippen molar-refractivity contribution in [2.45, 2.75) is 0 Å². The van der Waals surface area contributed by atoms with Gasteiger partial charge in [-0.05, 0) is 60.7 Å². The Morgan fingerprint density at radius 1 is 0.879 bits per heavy atom. The Labute approximate surface area is 192 Å². The number of pyridine rings is 1. The number of ketones is 1. The van der Waals surface area contributed by atoms with Gasteiger partial charge in [0.25, 0.3) is 0 Å². The van der Waals surface area contributed by atoms with Crippen molar-refractivity contribution in [1.29, 1.82) is 0 Å². The lowest BCUT2D eigenvalue weighted by atomic mass is 10.1. The third-order valence-corrected chi connectivity index (χ3v) is 5.66. The second-order valence-corrected chi connectivity index (χ2v) is 7.79. The van der Waals surface area contributed by atoms with Gasteiger partial charge in [-0.15, -0.1) is 0 Å². The Morgan fingerprint density at radius 3 is 2.33 bits per heavy atom. The van der Waals surface area contributed by atoms with Crippen LogP contribution in [0.4, 0.5) is 5.69 Å². The second kappa shape index (κ2) is 9.63. The molecule has 2 aromatic heterocycles. The van der Waals surface area contributed by atoms with Crippen LogP contribution in [0, 0.1) is 0 Å². The smallest absolute Gasteiger partial charge is 0.185 e. The molecule has 1 aliphatic rings. The number of benzene rings is 2. The lowest BCUT2D eigenvalue weighted by Gasteiger charge is -2.28. The van der Waals surface area contributed by atoms with E-state index in [-0.39, 0.29) is 5.78 Å². The Kier molecular flexibility index (Phi) is 6.08. The van der Waals surface area contributed by atoms with Gasteiger partial charge in [0.05, 0.1) is 18.9 Å². The maximum Gasteiger partial charge on any atom is 0.185 e. The SMILES string of the molecule is O=C(/C=C/c1cn(-c2ccccc2)nc1-c1ccncc1)c1ccc(N2CCOCC2)cc1. The maximum absolute atomic E-state index is 12.9. The van der Waals surface area contributed by atoms with Gasteiger partial charge in [0.15, 0.2) is 5.78 Å². The fourth-order valence-corrected chi connectivity index (χ4v) is 3.88. The van der Waals surface area contributed by atoms with Crippen LogP contribution in [0.1, 0.15) is 15.9 Å². The monoisotopic (exact) mass is 436 g/mol. The van der Waals surface area contributed by atoms with Gasteiger partial charge in [0.2, 0.25) is 0 Å². The normalized spacial score (nSPS) is 14.0. The van der Waals surface area contributed by atoms with Gasteiger partial charge in [-0.1, -0.05) is 18.2 Å². The summed E-state index contributed by atoms with van der Waals surface area (Å²) in [5.41, 5.74) is 5.34. The molecule has 3 heterocycles. The number of aromatic nitrogens is 3. The number of hydrogen-bond donors (Lipinski definition) is 0. The average molecular weight is 437 g/mol. The molecule has 4 aromatic rings. The highest BCUT2D eigenvalue weighted by Gasteiger charge is 2.13. The number of ether oxygens (including phenoxy) is 1. The number of rotatable bonds is 6. The van der Waals surface area contributed by atoms with Gasteiger partial charge in [0.1, 0.15) is 5.69 Å². The van der Waals surface area contributed by atoms with Crippen molar-refractivity contribution in [2.24, 2.45) is 0 Å². The molecule has 0 N–H and O–H groups in total. The van der Waals surface area contributed by atoms with Gasteiger partial charge in [-0.25, -0.2) is 4.68 Å². The Balaban J connectivity index is 1.40. The van der Waals surface area contributed by atoms with Crippen LogP contribution in [-0.2, 0) is 4.74 Å². The summed E-state index contributed by atoms with van der Waals surface area (Å²) in [5, 5.41) is 4.78. The summed E-state index contributed by atoms with van der Waals surface area (Å²) in [6.45, 7) is 3.21. The molecule has 0 radical (unpaired) electrons. The van der Waals surface area contributed by atoms with E-state index in [1.807, 2.05) is 83.7 Å². The van der Waals surface area contributed by atoms with Crippen LogP contribution in [0.2, 0.25) is 0 Å². The molecule has 6 nitrogen and oxygen atoms in total. The van der Waals surface area contributed by atoms with Crippen molar-refractivity contribution >= 4 is 17.5 Å². The molecular weight excluding hydrogens is 412 g/mol. The molecule has 0 saturated carbocycles. The zero-order valence-corrected chi connectivity index (χ0v) is 18.2. The molecule has 1 aliphatic heterocycles. The van der Waals surface area contributed by atoms with Crippen molar-refractivity contribution < 1.29 is 9.53 Å². The van der Waals surface area contributed by atoms with E-state index in [2.05, 4.69) is 9.88 Å². The van der Waals surface area contributed by atoms with Crippen molar-refractivity contribution in [3.8, 4) is 16.9 Å². The molecule has 164 valence electrons. The summed E-state index contributed by atoms with van der Waals surface area (Å²) in [6, 6.07) is 21.5. The lowest BCUT2D eigenvalue weighted by molar-refractivity contribution is 0.104. The van der Waals surface area contributed by atoms with Crippen molar-refractivity contribution in [1.82, 2.24) is 14.8 Å². The van der Waals surface area contributed by atoms with Gasteiger partial charge in [-0.3, -0.25) is 9.78 Å². The average Bonchev–Trinajstić information content (AvgIpc) is 3.33. The van der Waals surface area contributed by atoms with E-state index >= 15 is 0 Å². The largest absolute Gasteiger partial charge is 0.378 e. The molecular formula is C27H24N4O2. The van der Waals surface area contributed by atoms with Crippen LogP contribution in [0.5, 0.6) is 0 Å². The van der Waals surface area contributed by atoms with E-state index < -0.39 is 0 Å². The number of carbonyl (C=O) groups excluding carboxylic acids is 1. The summed E-state index contributed by atoms with van der Waals surface area (Å²) >= 11 is 0. The number of anilines is 1. The number of para-hydroxylation sites is 1. The Morgan fingerprint density at radius 2 is 1.61 bits per heavy atom. The molecule has 1 saturated heterocycles. The summed E-state index contributed by atoms with van der Waals surface area (Å²) in [4.78, 5) is 19.2. The van der Waals surface area contributed by atoms with Crippen LogP contribution >= 0.6 is 0 Å². The topological polar surface area (TPSA) is 60.2 Å². The molecule has 0 amide bonds. The standard InChI is InChI=1S/C27H24N4O2/c32-26(21-6-9-24(10-7-21)30-16-18-33-19-17-30)11-8-23-20-31(25-4-2-1-3-5-25)29-27(23)22-12-14-28-15-13-22/h1-15,20H,16-19H2/b11-8+. The van der Waals surface area contributed by atoms with Crippen LogP contribution < -0.4 is 4.90 Å². The third kappa shape index (κ3) is 4.76. The first-order valence-corrected chi connectivity index (χ1v) is 11.0. The number of nitrogens with zero attached hydrogens (tertiary/aromatic N) is 4. The molecule has 33 heavy (non-hydrogen) atoms. The van der Waals surface area contributed by atoms with Gasteiger partial charge in [-0.2, -0.15) is 5.10 Å². The number of allylic oxidation sites excluding steroid dienone is 1. The second-order valence-electron chi connectivity index (χ2n) is 7.79. The number of morpholine rings is 1. The Hall–Kier alpha value is -4.03. The summed E-state index contributed by atoms with van der Waals surface area (Å²) < 4.78 is 7.24. The van der Waals surface area contributed by atoms with E-state index in [0.717, 1.165) is 54.5 Å². The molecule has 1 fully saturated rings. The van der Waals surface area contributed by atoms with Gasteiger partial charge in [0, 0.05) is 54.1 Å². The van der Waals surface area contributed by atoms with Crippen LogP contribution in [0.25, 0.3) is 23.0 Å². The van der Waals surface area contributed by atoms with Crippen molar-refractivity contribution in [3.05, 3.63) is 103 Å². The van der Waals surface area contributed by atoms with E-state index in [1.54, 1.807) is 18.5 Å². The lowest BCUT2D eigenvalue weighted by Crippen LogP contribution is -2.36. The zero-order valence-electron chi connectivity index (χ0n) is 18.2. The highest BCUT2D eigenvalue weighted by atomic mass is 16.5. The van der Waals surface area contributed by atoms with Crippen molar-refractivity contribution in [3.63, 3.8) is 0 Å². The first kappa shape index (κ1) is 20.8. The van der Waals surface area contributed by atoms with E-state index in [0.29, 0.717) is 5.56 Å². The quantitative estimate of drug-likeness (QED) is 0.325. The minimum Gasteiger partial charge on any atom is -0.378 e. The fourth-order valence-electron chi connectivity index (χ4n) is 3.88. The predicted molar refractivity (Wildman–Crippen MR) is 130 cm³/mol. The fraction of sp³-hybridized carbons (Fsp3) is 0.148. The van der Waals surface area contributed by atoms with Gasteiger partial charge >= 0.3 is 0 Å². The Bertz CT molecular complexity index is 1240. The first-order chi connectivity index (χ1) is 16.3. The molecule has 0 spiro atoms. The minimum atomic E-state index is -0.0448. The summed E-state index contributed by atoms with van der Waals surface area (Å²) in [7, 11) is 0. The summed E-state index contributed by atoms with van der Waals surface area (Å²) in [6.07, 6.45) is 8.87. The van der Waals surface area contributed by atoms with E-state index in [9.17, 15) is 4.79 Å². The highest BCUT2D eigenvalue weighted by molar-refractivity contribution is 6.07. The molecule has 2 aromatic carbocycles. The van der Waals surface area contributed by atoms with Crippen LogP contribution in [0.15, 0.2) is 91.4 Å². The summed E-state index contributed by atoms with van der Waals surface area (Å²) in [5.74, 6) is -0.0448. The van der Waals surface area contributed by atoms with E-state index in [4.69, 9.17) is 9.84 Å². The number of hydrogen-bond acceptors (Lipinski definition) is 5. The predicted octanol–water partition coefficient (Wildman–Crippen LogP) is 4.67. The molecule has 6 heteroatoms. The van der Waals surface area contributed by atoms with Crippen molar-refractivity contribution in [2.75, 3.05) is 31.2 Å².